The van der Waals surface area contributed by atoms with E-state index in [9.17, 15) is 9.90 Å². The van der Waals surface area contributed by atoms with Gasteiger partial charge in [0.05, 0.1) is 16.9 Å². The molecule has 4 fully saturated rings. The summed E-state index contributed by atoms with van der Waals surface area (Å²) >= 11 is 0. The highest BCUT2D eigenvalue weighted by molar-refractivity contribution is 5.91. The monoisotopic (exact) mass is 376 g/mol. The van der Waals surface area contributed by atoms with Crippen molar-refractivity contribution in [2.75, 3.05) is 5.32 Å². The van der Waals surface area contributed by atoms with Gasteiger partial charge >= 0.3 is 5.97 Å². The molecule has 0 atom stereocenters. The Labute approximate surface area is 164 Å². The number of hydrogen-bond acceptors (Lipinski definition) is 5. The molecule has 4 aliphatic carbocycles. The number of nitrogens with zero attached hydrogens (tertiary/aromatic N) is 3. The van der Waals surface area contributed by atoms with Crippen LogP contribution in [-0.2, 0) is 0 Å². The number of aromatic nitrogens is 2. The Morgan fingerprint density at radius 3 is 2.36 bits per heavy atom. The van der Waals surface area contributed by atoms with Gasteiger partial charge in [-0.25, -0.2) is 14.8 Å². The fourth-order valence-electron chi connectivity index (χ4n) is 5.95. The quantitative estimate of drug-likeness (QED) is 0.760. The first-order chi connectivity index (χ1) is 13.6. The maximum absolute atomic E-state index is 11.5. The zero-order valence-electron chi connectivity index (χ0n) is 15.7. The molecule has 0 saturated heterocycles. The number of rotatable bonds is 5. The van der Waals surface area contributed by atoms with E-state index in [2.05, 4.69) is 20.3 Å². The minimum absolute atomic E-state index is 0.139. The third-order valence-electron chi connectivity index (χ3n) is 6.62. The lowest BCUT2D eigenvalue weighted by Gasteiger charge is -2.57. The molecule has 1 aromatic heterocycles. The average molecular weight is 376 g/mol. The highest BCUT2D eigenvalue weighted by Gasteiger charge is 2.51. The molecule has 0 spiro atoms. The van der Waals surface area contributed by atoms with Gasteiger partial charge in [-0.1, -0.05) is 0 Å². The highest BCUT2D eigenvalue weighted by Crippen LogP contribution is 2.57. The number of carbonyl (C=O) groups is 1. The van der Waals surface area contributed by atoms with Crippen LogP contribution in [0, 0.1) is 17.8 Å². The second-order valence-corrected chi connectivity index (χ2v) is 8.79. The zero-order valence-corrected chi connectivity index (χ0v) is 15.7. The Balaban J connectivity index is 1.47. The number of anilines is 1. The van der Waals surface area contributed by atoms with Crippen molar-refractivity contribution in [1.29, 1.82) is 0 Å². The van der Waals surface area contributed by atoms with Gasteiger partial charge in [0.2, 0.25) is 0 Å². The van der Waals surface area contributed by atoms with Crippen LogP contribution in [0.25, 0.3) is 0 Å². The van der Waals surface area contributed by atoms with Crippen molar-refractivity contribution in [3.63, 3.8) is 0 Å². The largest absolute Gasteiger partial charge is 0.478 e. The Bertz CT molecular complexity index is 890. The van der Waals surface area contributed by atoms with E-state index in [0.29, 0.717) is 5.69 Å². The maximum atomic E-state index is 11.5. The van der Waals surface area contributed by atoms with Crippen molar-refractivity contribution in [3.05, 3.63) is 48.0 Å². The van der Waals surface area contributed by atoms with Gasteiger partial charge in [0.15, 0.2) is 0 Å². The average Bonchev–Trinajstić information content (AvgIpc) is 2.66. The minimum Gasteiger partial charge on any atom is -0.478 e. The Kier molecular flexibility index (Phi) is 4.14. The van der Waals surface area contributed by atoms with Crippen LogP contribution in [0.15, 0.2) is 41.9 Å². The minimum atomic E-state index is -0.944. The molecule has 28 heavy (non-hydrogen) atoms. The SMILES string of the molecule is O=C(O)c1ccc(NC23CC4CC(CC(C4)C2)C3)c(N=Cc2cncnc2)c1. The second-order valence-electron chi connectivity index (χ2n) is 8.79. The lowest BCUT2D eigenvalue weighted by Crippen LogP contribution is -2.54. The van der Waals surface area contributed by atoms with Gasteiger partial charge in [0, 0.05) is 29.7 Å². The van der Waals surface area contributed by atoms with Gasteiger partial charge in [-0.05, 0) is 74.5 Å². The van der Waals surface area contributed by atoms with E-state index in [1.807, 2.05) is 6.07 Å². The van der Waals surface area contributed by atoms with E-state index in [-0.39, 0.29) is 11.1 Å². The summed E-state index contributed by atoms with van der Waals surface area (Å²) in [7, 11) is 0. The fraction of sp³-hybridized carbons (Fsp3) is 0.455. The van der Waals surface area contributed by atoms with Gasteiger partial charge in [0.25, 0.3) is 0 Å². The molecule has 0 unspecified atom stereocenters. The number of nitrogens with one attached hydrogen (secondary N) is 1. The lowest BCUT2D eigenvalue weighted by atomic mass is 9.53. The molecule has 6 nitrogen and oxygen atoms in total. The van der Waals surface area contributed by atoms with Crippen molar-refractivity contribution >= 4 is 23.6 Å². The van der Waals surface area contributed by atoms with Crippen LogP contribution in [0.1, 0.15) is 54.4 Å². The summed E-state index contributed by atoms with van der Waals surface area (Å²) in [5, 5.41) is 13.2. The molecule has 1 aromatic carbocycles. The maximum Gasteiger partial charge on any atom is 0.335 e. The fourth-order valence-corrected chi connectivity index (χ4v) is 5.95. The first-order valence-electron chi connectivity index (χ1n) is 10.0. The molecule has 144 valence electrons. The summed E-state index contributed by atoms with van der Waals surface area (Å²) in [6, 6.07) is 5.18. The van der Waals surface area contributed by atoms with Crippen LogP contribution < -0.4 is 5.32 Å². The van der Waals surface area contributed by atoms with E-state index in [0.717, 1.165) is 29.0 Å². The predicted molar refractivity (Wildman–Crippen MR) is 107 cm³/mol. The third kappa shape index (κ3) is 3.28. The summed E-state index contributed by atoms with van der Waals surface area (Å²) in [6.45, 7) is 0. The van der Waals surface area contributed by atoms with E-state index in [4.69, 9.17) is 0 Å². The number of carboxylic acids is 1. The van der Waals surface area contributed by atoms with Gasteiger partial charge in [-0.3, -0.25) is 4.99 Å². The van der Waals surface area contributed by atoms with Crippen LogP contribution in [0.5, 0.6) is 0 Å². The summed E-state index contributed by atoms with van der Waals surface area (Å²) in [5.41, 5.74) is 2.73. The van der Waals surface area contributed by atoms with Gasteiger partial charge in [0.1, 0.15) is 6.33 Å². The molecule has 0 aliphatic heterocycles. The second kappa shape index (κ2) is 6.69. The molecule has 4 saturated carbocycles. The Morgan fingerprint density at radius 2 is 1.75 bits per heavy atom. The van der Waals surface area contributed by atoms with Crippen LogP contribution in [0.3, 0.4) is 0 Å². The van der Waals surface area contributed by atoms with Crippen molar-refractivity contribution < 1.29 is 9.90 Å². The molecule has 0 amide bonds. The van der Waals surface area contributed by atoms with E-state index < -0.39 is 5.97 Å². The van der Waals surface area contributed by atoms with Crippen molar-refractivity contribution in [2.24, 2.45) is 22.7 Å². The predicted octanol–water partition coefficient (Wildman–Crippen LogP) is 4.31. The molecule has 4 aliphatic rings. The summed E-state index contributed by atoms with van der Waals surface area (Å²) in [4.78, 5) is 24.0. The van der Waals surface area contributed by atoms with Gasteiger partial charge in [-0.2, -0.15) is 0 Å². The topological polar surface area (TPSA) is 87.5 Å². The molecular weight excluding hydrogens is 352 g/mol. The summed E-state index contributed by atoms with van der Waals surface area (Å²) in [5.74, 6) is 1.57. The van der Waals surface area contributed by atoms with Crippen LogP contribution in [0.2, 0.25) is 0 Å². The van der Waals surface area contributed by atoms with Crippen LogP contribution in [0.4, 0.5) is 11.4 Å². The third-order valence-corrected chi connectivity index (χ3v) is 6.62. The smallest absolute Gasteiger partial charge is 0.335 e. The summed E-state index contributed by atoms with van der Waals surface area (Å²) in [6.07, 6.45) is 14.3. The number of hydrogen-bond donors (Lipinski definition) is 2. The normalized spacial score (nSPS) is 30.6. The van der Waals surface area contributed by atoms with E-state index in [1.165, 1.54) is 44.9 Å². The number of carboxylic acid groups (broad SMARTS) is 1. The number of aliphatic imine (C=N–C) groups is 1. The molecule has 6 heteroatoms. The molecule has 0 radical (unpaired) electrons. The van der Waals surface area contributed by atoms with Crippen molar-refractivity contribution in [2.45, 2.75) is 44.1 Å². The van der Waals surface area contributed by atoms with Crippen molar-refractivity contribution in [3.8, 4) is 0 Å². The molecule has 4 bridgehead atoms. The van der Waals surface area contributed by atoms with Crippen LogP contribution in [-0.4, -0.2) is 32.8 Å². The number of aromatic carboxylic acids is 1. The lowest BCUT2D eigenvalue weighted by molar-refractivity contribution is 0.0107. The first kappa shape index (κ1) is 17.3. The molecule has 6 rings (SSSR count). The van der Waals surface area contributed by atoms with Gasteiger partial charge < -0.3 is 10.4 Å². The molecular formula is C22H24N4O2. The molecule has 2 N–H and O–H groups in total. The number of benzene rings is 1. The molecule has 1 heterocycles. The van der Waals surface area contributed by atoms with Crippen molar-refractivity contribution in [1.82, 2.24) is 9.97 Å². The summed E-state index contributed by atoms with van der Waals surface area (Å²) < 4.78 is 0. The standard InChI is InChI=1S/C22H24N4O2/c27-21(28)18-1-2-19(20(6-18)25-12-17-10-23-13-24-11-17)26-22-7-14-3-15(8-22)5-16(4-14)9-22/h1-2,6,10-16,26H,3-5,7-9H2,(H,27,28). The van der Waals surface area contributed by atoms with E-state index in [1.54, 1.807) is 30.7 Å². The Morgan fingerprint density at radius 1 is 1.11 bits per heavy atom. The van der Waals surface area contributed by atoms with E-state index >= 15 is 0 Å². The van der Waals surface area contributed by atoms with Gasteiger partial charge in [-0.15, -0.1) is 0 Å². The first-order valence-corrected chi connectivity index (χ1v) is 10.0. The zero-order chi connectivity index (χ0) is 19.1. The Hall–Kier alpha value is -2.76. The molecule has 2 aromatic rings. The highest BCUT2D eigenvalue weighted by atomic mass is 16.4. The van der Waals surface area contributed by atoms with Crippen LogP contribution >= 0.6 is 0 Å².